The number of H-pyrrole nitrogens is 1. The van der Waals surface area contributed by atoms with Crippen molar-refractivity contribution < 1.29 is 22.4 Å². The Hall–Kier alpha value is -3.02. The molecule has 35 heavy (non-hydrogen) atoms. The van der Waals surface area contributed by atoms with Gasteiger partial charge in [-0.25, -0.2) is 22.1 Å². The molecule has 2 amide bonds. The SMILES string of the molecule is O=C(N[C@@H](Cc1ccc(F)cc1)C(=O)N1CC(S(=O)(=O)N2CCC2)C1)c1cc2cc(Cl)ncc2[nH]1. The second-order valence-corrected chi connectivity index (χ2v) is 11.4. The molecule has 0 saturated carbocycles. The second-order valence-electron chi connectivity index (χ2n) is 8.80. The highest BCUT2D eigenvalue weighted by molar-refractivity contribution is 7.89. The van der Waals surface area contributed by atoms with Crippen LogP contribution >= 0.6 is 11.6 Å². The molecule has 9 nitrogen and oxygen atoms in total. The first kappa shape index (κ1) is 23.7. The van der Waals surface area contributed by atoms with E-state index in [2.05, 4.69) is 15.3 Å². The highest BCUT2D eigenvalue weighted by Gasteiger charge is 2.45. The molecule has 1 atom stereocenters. The zero-order valence-electron chi connectivity index (χ0n) is 18.6. The van der Waals surface area contributed by atoms with Crippen LogP contribution in [0, 0.1) is 5.82 Å². The van der Waals surface area contributed by atoms with Crippen molar-refractivity contribution in [3.05, 3.63) is 64.8 Å². The van der Waals surface area contributed by atoms with Crippen molar-refractivity contribution in [2.24, 2.45) is 0 Å². The van der Waals surface area contributed by atoms with E-state index in [-0.39, 0.29) is 30.4 Å². The minimum atomic E-state index is -3.42. The molecular formula is C23H23ClFN5O4S. The number of hydrogen-bond acceptors (Lipinski definition) is 5. The Morgan fingerprint density at radius 1 is 1.20 bits per heavy atom. The Labute approximate surface area is 206 Å². The van der Waals surface area contributed by atoms with Crippen LogP contribution in [0.4, 0.5) is 4.39 Å². The number of carbonyl (C=O) groups excluding carboxylic acids is 2. The number of aromatic nitrogens is 2. The van der Waals surface area contributed by atoms with Gasteiger partial charge in [0, 0.05) is 38.0 Å². The first-order valence-corrected chi connectivity index (χ1v) is 13.1. The lowest BCUT2D eigenvalue weighted by atomic mass is 10.0. The van der Waals surface area contributed by atoms with Crippen molar-refractivity contribution in [2.75, 3.05) is 26.2 Å². The van der Waals surface area contributed by atoms with Crippen LogP contribution in [-0.2, 0) is 21.2 Å². The topological polar surface area (TPSA) is 115 Å². The molecule has 2 fully saturated rings. The number of fused-ring (bicyclic) bond motifs is 1. The molecule has 0 unspecified atom stereocenters. The summed E-state index contributed by atoms with van der Waals surface area (Å²) in [6, 6.07) is 7.92. The van der Waals surface area contributed by atoms with Crippen LogP contribution in [0.25, 0.3) is 10.9 Å². The quantitative estimate of drug-likeness (QED) is 0.463. The maximum absolute atomic E-state index is 13.4. The zero-order valence-corrected chi connectivity index (χ0v) is 20.2. The zero-order chi connectivity index (χ0) is 24.7. The van der Waals surface area contributed by atoms with E-state index in [4.69, 9.17) is 11.6 Å². The van der Waals surface area contributed by atoms with Crippen LogP contribution in [-0.4, -0.2) is 76.9 Å². The lowest BCUT2D eigenvalue weighted by molar-refractivity contribution is -0.136. The molecule has 2 aliphatic rings. The summed E-state index contributed by atoms with van der Waals surface area (Å²) in [6.07, 6.45) is 2.48. The summed E-state index contributed by atoms with van der Waals surface area (Å²) in [5, 5.41) is 3.09. The minimum absolute atomic E-state index is 0.0734. The van der Waals surface area contributed by atoms with Gasteiger partial charge < -0.3 is 15.2 Å². The number of sulfonamides is 1. The van der Waals surface area contributed by atoms with E-state index in [9.17, 15) is 22.4 Å². The normalized spacial score (nSPS) is 17.6. The summed E-state index contributed by atoms with van der Waals surface area (Å²) < 4.78 is 40.0. The first-order valence-electron chi connectivity index (χ1n) is 11.2. The average molecular weight is 520 g/mol. The molecule has 2 aromatic heterocycles. The molecule has 4 heterocycles. The number of amides is 2. The van der Waals surface area contributed by atoms with Crippen molar-refractivity contribution in [3.8, 4) is 0 Å². The Balaban J connectivity index is 1.32. The van der Waals surface area contributed by atoms with E-state index in [0.717, 1.165) is 6.42 Å². The fraction of sp³-hybridized carbons (Fsp3) is 0.348. The average Bonchev–Trinajstić information content (AvgIpc) is 3.15. The number of halogens is 2. The van der Waals surface area contributed by atoms with Gasteiger partial charge in [0.2, 0.25) is 15.9 Å². The summed E-state index contributed by atoms with van der Waals surface area (Å²) in [5.41, 5.74) is 1.49. The highest BCUT2D eigenvalue weighted by atomic mass is 35.5. The van der Waals surface area contributed by atoms with Crippen molar-refractivity contribution >= 4 is 44.3 Å². The monoisotopic (exact) mass is 519 g/mol. The molecule has 3 aromatic rings. The van der Waals surface area contributed by atoms with Gasteiger partial charge in [-0.3, -0.25) is 9.59 Å². The van der Waals surface area contributed by atoms with E-state index >= 15 is 0 Å². The third-order valence-electron chi connectivity index (χ3n) is 6.43. The Morgan fingerprint density at radius 2 is 1.91 bits per heavy atom. The van der Waals surface area contributed by atoms with Crippen LogP contribution in [0.2, 0.25) is 5.15 Å². The molecule has 2 N–H and O–H groups in total. The molecule has 0 bridgehead atoms. The highest BCUT2D eigenvalue weighted by Crippen LogP contribution is 2.25. The van der Waals surface area contributed by atoms with Crippen molar-refractivity contribution in [3.63, 3.8) is 0 Å². The molecule has 12 heteroatoms. The van der Waals surface area contributed by atoms with E-state index in [1.54, 1.807) is 24.3 Å². The summed E-state index contributed by atoms with van der Waals surface area (Å²) in [4.78, 5) is 34.7. The molecule has 184 valence electrons. The van der Waals surface area contributed by atoms with Gasteiger partial charge in [-0.1, -0.05) is 23.7 Å². The molecular weight excluding hydrogens is 497 g/mol. The predicted octanol–water partition coefficient (Wildman–Crippen LogP) is 1.94. The molecule has 0 radical (unpaired) electrons. The van der Waals surface area contributed by atoms with Gasteiger partial charge in [0.15, 0.2) is 0 Å². The van der Waals surface area contributed by atoms with Gasteiger partial charge in [0.25, 0.3) is 5.91 Å². The van der Waals surface area contributed by atoms with Crippen LogP contribution in [0.1, 0.15) is 22.5 Å². The van der Waals surface area contributed by atoms with Gasteiger partial charge in [-0.2, -0.15) is 0 Å². The third-order valence-corrected chi connectivity index (χ3v) is 8.86. The summed E-state index contributed by atoms with van der Waals surface area (Å²) >= 11 is 5.92. The fourth-order valence-corrected chi connectivity index (χ4v) is 6.29. The predicted molar refractivity (Wildman–Crippen MR) is 128 cm³/mol. The number of rotatable bonds is 7. The van der Waals surface area contributed by atoms with Crippen LogP contribution in [0.5, 0.6) is 0 Å². The van der Waals surface area contributed by atoms with Gasteiger partial charge in [-0.05, 0) is 36.2 Å². The van der Waals surface area contributed by atoms with Gasteiger partial charge in [0.1, 0.15) is 28.0 Å². The van der Waals surface area contributed by atoms with E-state index in [1.165, 1.54) is 27.5 Å². The number of likely N-dealkylation sites (tertiary alicyclic amines) is 1. The van der Waals surface area contributed by atoms with Crippen LogP contribution in [0.3, 0.4) is 0 Å². The van der Waals surface area contributed by atoms with Gasteiger partial charge in [0.05, 0.1) is 11.7 Å². The second kappa shape index (κ2) is 9.21. The number of hydrogen-bond donors (Lipinski definition) is 2. The van der Waals surface area contributed by atoms with Gasteiger partial charge in [-0.15, -0.1) is 0 Å². The number of nitrogens with one attached hydrogen (secondary N) is 2. The smallest absolute Gasteiger partial charge is 0.268 e. The maximum atomic E-state index is 13.4. The Kier molecular flexibility index (Phi) is 6.24. The number of pyridine rings is 1. The molecule has 2 saturated heterocycles. The van der Waals surface area contributed by atoms with E-state index in [1.807, 2.05) is 0 Å². The minimum Gasteiger partial charge on any atom is -0.349 e. The summed E-state index contributed by atoms with van der Waals surface area (Å²) in [7, 11) is -3.42. The third kappa shape index (κ3) is 4.75. The molecule has 5 rings (SSSR count). The van der Waals surface area contributed by atoms with E-state index < -0.39 is 38.9 Å². The number of benzene rings is 1. The number of carbonyl (C=O) groups is 2. The van der Waals surface area contributed by atoms with Crippen LogP contribution in [0.15, 0.2) is 42.6 Å². The fourth-order valence-electron chi connectivity index (χ4n) is 4.20. The molecule has 1 aromatic carbocycles. The standard InChI is InChI=1S/C23H23ClFN5O4S/c24-21-10-15-9-18(27-20(15)11-26-21)22(31)28-19(8-14-2-4-16(25)5-3-14)23(32)29-12-17(13-29)35(33,34)30-6-1-7-30/h2-5,9-11,17,19,27H,1,6-8,12-13H2,(H,28,31)/t19-/m0/s1. The van der Waals surface area contributed by atoms with E-state index in [0.29, 0.717) is 29.6 Å². The maximum Gasteiger partial charge on any atom is 0.268 e. The van der Waals surface area contributed by atoms with Crippen molar-refractivity contribution in [1.82, 2.24) is 24.5 Å². The van der Waals surface area contributed by atoms with Gasteiger partial charge >= 0.3 is 0 Å². The summed E-state index contributed by atoms with van der Waals surface area (Å²) in [5.74, 6) is -1.31. The van der Waals surface area contributed by atoms with Crippen LogP contribution < -0.4 is 5.32 Å². The van der Waals surface area contributed by atoms with Crippen molar-refractivity contribution in [2.45, 2.75) is 24.1 Å². The summed E-state index contributed by atoms with van der Waals surface area (Å²) in [6.45, 7) is 1.18. The van der Waals surface area contributed by atoms with Crippen molar-refractivity contribution in [1.29, 1.82) is 0 Å². The molecule has 2 aliphatic heterocycles. The first-order chi connectivity index (χ1) is 16.7. The Bertz CT molecular complexity index is 1380. The number of nitrogens with zero attached hydrogens (tertiary/aromatic N) is 3. The lowest BCUT2D eigenvalue weighted by Crippen LogP contribution is -2.64. The lowest BCUT2D eigenvalue weighted by Gasteiger charge is -2.44. The molecule has 0 aliphatic carbocycles. The Morgan fingerprint density at radius 3 is 2.57 bits per heavy atom. The molecule has 0 spiro atoms. The number of aromatic amines is 1. The largest absolute Gasteiger partial charge is 0.349 e.